The zero-order valence-electron chi connectivity index (χ0n) is 13.1. The number of sulfonamides is 1. The van der Waals surface area contributed by atoms with Crippen LogP contribution in [0.4, 0.5) is 0 Å². The van der Waals surface area contributed by atoms with E-state index >= 15 is 0 Å². The van der Waals surface area contributed by atoms with Gasteiger partial charge in [0.1, 0.15) is 0 Å². The minimum absolute atomic E-state index is 0.233. The first-order valence-corrected chi connectivity index (χ1v) is 8.65. The van der Waals surface area contributed by atoms with Crippen molar-refractivity contribution in [2.24, 2.45) is 7.05 Å². The van der Waals surface area contributed by atoms with E-state index in [9.17, 15) is 8.42 Å². The Balaban J connectivity index is 2.03. The quantitative estimate of drug-likeness (QED) is 0.750. The molecule has 0 saturated heterocycles. The molecule has 0 amide bonds. The monoisotopic (exact) mass is 315 g/mol. The summed E-state index contributed by atoms with van der Waals surface area (Å²) in [5.41, 5.74) is 0.436. The van der Waals surface area contributed by atoms with Gasteiger partial charge < -0.3 is 14.6 Å². The molecule has 1 saturated carbocycles. The number of aryl methyl sites for hydroxylation is 1. The first kappa shape index (κ1) is 16.5. The van der Waals surface area contributed by atoms with Crippen LogP contribution in [0.5, 0.6) is 0 Å². The first-order chi connectivity index (χ1) is 9.73. The molecule has 120 valence electrons. The van der Waals surface area contributed by atoms with Crippen molar-refractivity contribution in [1.29, 1.82) is 0 Å². The third kappa shape index (κ3) is 4.54. The Labute approximate surface area is 126 Å². The highest BCUT2D eigenvalue weighted by molar-refractivity contribution is 7.89. The molecular formula is C14H25N3O3S. The lowest BCUT2D eigenvalue weighted by atomic mass is 10.1. The summed E-state index contributed by atoms with van der Waals surface area (Å²) >= 11 is 0. The summed E-state index contributed by atoms with van der Waals surface area (Å²) in [6.07, 6.45) is 4.07. The molecule has 0 aliphatic heterocycles. The average molecular weight is 315 g/mol. The fourth-order valence-electron chi connectivity index (χ4n) is 1.86. The Kier molecular flexibility index (Phi) is 4.77. The predicted octanol–water partition coefficient (Wildman–Crippen LogP) is 0.980. The van der Waals surface area contributed by atoms with Crippen LogP contribution in [0.3, 0.4) is 0 Å². The van der Waals surface area contributed by atoms with Gasteiger partial charge in [0.2, 0.25) is 10.0 Å². The molecule has 1 fully saturated rings. The van der Waals surface area contributed by atoms with Gasteiger partial charge in [-0.3, -0.25) is 0 Å². The van der Waals surface area contributed by atoms with Gasteiger partial charge in [-0.25, -0.2) is 13.1 Å². The van der Waals surface area contributed by atoms with E-state index in [4.69, 9.17) is 4.74 Å². The lowest BCUT2D eigenvalue weighted by Gasteiger charge is -2.22. The summed E-state index contributed by atoms with van der Waals surface area (Å²) in [5, 5.41) is 3.39. The Hall–Kier alpha value is -0.890. The van der Waals surface area contributed by atoms with Crippen LogP contribution in [0, 0.1) is 0 Å². The van der Waals surface area contributed by atoms with Gasteiger partial charge in [0.15, 0.2) is 0 Å². The summed E-state index contributed by atoms with van der Waals surface area (Å²) in [4.78, 5) is 0.296. The van der Waals surface area contributed by atoms with Crippen molar-refractivity contribution >= 4 is 10.0 Å². The Morgan fingerprint density at radius 3 is 2.67 bits per heavy atom. The van der Waals surface area contributed by atoms with Crippen molar-refractivity contribution in [3.63, 3.8) is 0 Å². The molecule has 0 radical (unpaired) electrons. The minimum Gasteiger partial charge on any atom is -0.377 e. The molecule has 0 aromatic carbocycles. The Morgan fingerprint density at radius 1 is 1.43 bits per heavy atom. The second kappa shape index (κ2) is 6.08. The molecule has 1 aromatic rings. The highest BCUT2D eigenvalue weighted by Crippen LogP contribution is 2.20. The molecule has 1 aliphatic carbocycles. The van der Waals surface area contributed by atoms with Crippen LogP contribution in [0.25, 0.3) is 0 Å². The molecule has 0 spiro atoms. The summed E-state index contributed by atoms with van der Waals surface area (Å²) in [5.74, 6) is 0. The van der Waals surface area contributed by atoms with Gasteiger partial charge in [-0.2, -0.15) is 0 Å². The second-order valence-corrected chi connectivity index (χ2v) is 7.99. The normalized spacial score (nSPS) is 16.4. The lowest BCUT2D eigenvalue weighted by Crippen LogP contribution is -2.39. The maximum absolute atomic E-state index is 12.3. The largest absolute Gasteiger partial charge is 0.377 e. The van der Waals surface area contributed by atoms with Crippen molar-refractivity contribution in [2.45, 2.75) is 49.8 Å². The van der Waals surface area contributed by atoms with Gasteiger partial charge in [-0.15, -0.1) is 0 Å². The number of ether oxygens (including phenoxy) is 1. The van der Waals surface area contributed by atoms with E-state index in [0.717, 1.165) is 5.69 Å². The molecule has 6 nitrogen and oxygen atoms in total. The van der Waals surface area contributed by atoms with Crippen LogP contribution in [0.1, 0.15) is 32.4 Å². The fourth-order valence-corrected chi connectivity index (χ4v) is 3.15. The summed E-state index contributed by atoms with van der Waals surface area (Å²) in [6.45, 7) is 4.60. The topological polar surface area (TPSA) is 72.4 Å². The second-order valence-electron chi connectivity index (χ2n) is 6.22. The van der Waals surface area contributed by atoms with Crippen LogP contribution < -0.4 is 10.0 Å². The number of hydrogen-bond acceptors (Lipinski definition) is 4. The van der Waals surface area contributed by atoms with Gasteiger partial charge in [-0.1, -0.05) is 0 Å². The molecule has 0 atom stereocenters. The average Bonchev–Trinajstić information content (AvgIpc) is 3.17. The van der Waals surface area contributed by atoms with E-state index < -0.39 is 15.6 Å². The van der Waals surface area contributed by atoms with Gasteiger partial charge in [0, 0.05) is 45.2 Å². The van der Waals surface area contributed by atoms with Crippen molar-refractivity contribution < 1.29 is 13.2 Å². The van der Waals surface area contributed by atoms with E-state index in [2.05, 4.69) is 10.0 Å². The summed E-state index contributed by atoms with van der Waals surface area (Å²) < 4.78 is 34.3. The molecule has 1 heterocycles. The number of nitrogens with zero attached hydrogens (tertiary/aromatic N) is 1. The molecule has 21 heavy (non-hydrogen) atoms. The number of rotatable bonds is 8. The smallest absolute Gasteiger partial charge is 0.242 e. The van der Waals surface area contributed by atoms with E-state index in [-0.39, 0.29) is 6.54 Å². The Morgan fingerprint density at radius 2 is 2.10 bits per heavy atom. The van der Waals surface area contributed by atoms with Gasteiger partial charge in [0.25, 0.3) is 0 Å². The molecule has 2 rings (SSSR count). The van der Waals surface area contributed by atoms with Crippen LogP contribution >= 0.6 is 0 Å². The van der Waals surface area contributed by atoms with Gasteiger partial charge >= 0.3 is 0 Å². The molecule has 1 aromatic heterocycles. The van der Waals surface area contributed by atoms with E-state index in [0.29, 0.717) is 17.5 Å². The van der Waals surface area contributed by atoms with Gasteiger partial charge in [0.05, 0.1) is 10.5 Å². The molecule has 2 N–H and O–H groups in total. The van der Waals surface area contributed by atoms with Crippen LogP contribution in [0.2, 0.25) is 0 Å². The number of hydrogen-bond donors (Lipinski definition) is 2. The minimum atomic E-state index is -3.51. The third-order valence-electron chi connectivity index (χ3n) is 3.78. The van der Waals surface area contributed by atoms with Crippen LogP contribution in [-0.4, -0.2) is 38.3 Å². The first-order valence-electron chi connectivity index (χ1n) is 7.17. The summed E-state index contributed by atoms with van der Waals surface area (Å²) in [6, 6.07) is 2.32. The van der Waals surface area contributed by atoms with E-state index in [1.807, 2.05) is 25.5 Å². The van der Waals surface area contributed by atoms with Crippen molar-refractivity contribution in [1.82, 2.24) is 14.6 Å². The highest BCUT2D eigenvalue weighted by Gasteiger charge is 2.24. The molecule has 7 heteroatoms. The molecule has 1 aliphatic rings. The van der Waals surface area contributed by atoms with Crippen LogP contribution in [-0.2, 0) is 28.4 Å². The maximum Gasteiger partial charge on any atom is 0.242 e. The maximum atomic E-state index is 12.3. The third-order valence-corrected chi connectivity index (χ3v) is 5.15. The SMILES string of the molecule is COC(C)(C)CNS(=O)(=O)c1cc(CNC2CC2)n(C)c1. The zero-order valence-corrected chi connectivity index (χ0v) is 14.0. The predicted molar refractivity (Wildman–Crippen MR) is 81.6 cm³/mol. The number of methoxy groups -OCH3 is 1. The number of nitrogens with one attached hydrogen (secondary N) is 2. The molecule has 0 bridgehead atoms. The van der Waals surface area contributed by atoms with Crippen molar-refractivity contribution in [3.05, 3.63) is 18.0 Å². The highest BCUT2D eigenvalue weighted by atomic mass is 32.2. The van der Waals surface area contributed by atoms with Crippen molar-refractivity contribution in [3.8, 4) is 0 Å². The van der Waals surface area contributed by atoms with Crippen LogP contribution in [0.15, 0.2) is 17.2 Å². The van der Waals surface area contributed by atoms with E-state index in [1.165, 1.54) is 12.8 Å². The molecular weight excluding hydrogens is 290 g/mol. The summed E-state index contributed by atoms with van der Waals surface area (Å²) in [7, 11) is -0.0757. The van der Waals surface area contributed by atoms with E-state index in [1.54, 1.807) is 19.4 Å². The lowest BCUT2D eigenvalue weighted by molar-refractivity contribution is 0.0276. The number of aromatic nitrogens is 1. The standard InChI is InChI=1S/C14H25N3O3S/c1-14(2,20-4)10-16-21(18,19)13-7-12(17(3)9-13)8-15-11-5-6-11/h7,9,11,15-16H,5-6,8,10H2,1-4H3. The molecule has 0 unspecified atom stereocenters. The van der Waals surface area contributed by atoms with Gasteiger partial charge in [-0.05, 0) is 32.8 Å². The fraction of sp³-hybridized carbons (Fsp3) is 0.714. The van der Waals surface area contributed by atoms with Crippen molar-refractivity contribution in [2.75, 3.05) is 13.7 Å². The Bertz CT molecular complexity index is 589. The zero-order chi connectivity index (χ0) is 15.7.